The minimum atomic E-state index is -1.29. The zero-order valence-electron chi connectivity index (χ0n) is 23.3. The molecule has 0 aromatic carbocycles. The fourth-order valence-electron chi connectivity index (χ4n) is 6.52. The van der Waals surface area contributed by atoms with Gasteiger partial charge in [0.1, 0.15) is 6.10 Å². The largest absolute Gasteiger partial charge is 0.458 e. The third kappa shape index (κ3) is 5.20. The number of hydrogen-bond acceptors (Lipinski definition) is 9. The first-order valence-electron chi connectivity index (χ1n) is 13.3. The standard InChI is InChI=1S/C29H42O9/c1-9-15(3)22(32)14-28(8)17(5)11-24(33)29-21(26(35-18(6)30)38-27(29)36-19(7)31)12-20(13-23(28)29)37-25(34)16(4)10-2/h9,12,16-17,20,22-24,26-27,32-33H,1,3,10-11,13-14H2,2,4-8H3/t16-,17-,20-,22+,23+,24+,26+,27-,28-,29-/m1/s1. The van der Waals surface area contributed by atoms with E-state index in [2.05, 4.69) is 13.2 Å². The molecule has 1 saturated carbocycles. The quantitative estimate of drug-likeness (QED) is 0.197. The molecule has 38 heavy (non-hydrogen) atoms. The summed E-state index contributed by atoms with van der Waals surface area (Å²) < 4.78 is 23.1. The van der Waals surface area contributed by atoms with Crippen molar-refractivity contribution in [1.82, 2.24) is 0 Å². The van der Waals surface area contributed by atoms with Gasteiger partial charge < -0.3 is 24.4 Å². The van der Waals surface area contributed by atoms with Crippen LogP contribution in [-0.4, -0.2) is 59.0 Å². The molecule has 10 atom stereocenters. The van der Waals surface area contributed by atoms with Gasteiger partial charge in [-0.3, -0.25) is 19.1 Å². The number of carbonyl (C=O) groups excluding carboxylic acids is 3. The predicted molar refractivity (Wildman–Crippen MR) is 138 cm³/mol. The number of hydrogen-bond donors (Lipinski definition) is 2. The maximum atomic E-state index is 12.8. The van der Waals surface area contributed by atoms with E-state index in [9.17, 15) is 24.6 Å². The molecule has 3 aliphatic rings. The van der Waals surface area contributed by atoms with Crippen LogP contribution in [0.5, 0.6) is 0 Å². The van der Waals surface area contributed by atoms with Crippen molar-refractivity contribution in [3.05, 3.63) is 36.5 Å². The fourth-order valence-corrected chi connectivity index (χ4v) is 6.52. The summed E-state index contributed by atoms with van der Waals surface area (Å²) in [6.45, 7) is 17.8. The molecular weight excluding hydrogens is 492 g/mol. The van der Waals surface area contributed by atoms with Crippen LogP contribution in [-0.2, 0) is 33.3 Å². The molecule has 0 bridgehead atoms. The van der Waals surface area contributed by atoms with E-state index < -0.39 is 59.6 Å². The summed E-state index contributed by atoms with van der Waals surface area (Å²) in [7, 11) is 0. The van der Waals surface area contributed by atoms with Gasteiger partial charge in [0, 0.05) is 19.4 Å². The van der Waals surface area contributed by atoms with Crippen molar-refractivity contribution in [2.24, 2.45) is 28.6 Å². The van der Waals surface area contributed by atoms with Gasteiger partial charge in [-0.1, -0.05) is 46.9 Å². The highest BCUT2D eigenvalue weighted by Gasteiger charge is 2.71. The average Bonchev–Trinajstić information content (AvgIpc) is 3.13. The minimum Gasteiger partial charge on any atom is -0.458 e. The highest BCUT2D eigenvalue weighted by Crippen LogP contribution is 2.67. The van der Waals surface area contributed by atoms with Gasteiger partial charge in [-0.25, -0.2) is 0 Å². The fraction of sp³-hybridized carbons (Fsp3) is 0.690. The third-order valence-corrected chi connectivity index (χ3v) is 9.00. The molecule has 0 unspecified atom stereocenters. The Morgan fingerprint density at radius 2 is 1.84 bits per heavy atom. The lowest BCUT2D eigenvalue weighted by atomic mass is 9.44. The maximum absolute atomic E-state index is 12.8. The van der Waals surface area contributed by atoms with E-state index in [1.165, 1.54) is 19.9 Å². The van der Waals surface area contributed by atoms with Crippen molar-refractivity contribution in [2.75, 3.05) is 0 Å². The maximum Gasteiger partial charge on any atom is 0.309 e. The molecular formula is C29H42O9. The van der Waals surface area contributed by atoms with Gasteiger partial charge >= 0.3 is 17.9 Å². The number of esters is 3. The Kier molecular flexibility index (Phi) is 8.95. The van der Waals surface area contributed by atoms with E-state index in [1.807, 2.05) is 20.8 Å². The smallest absolute Gasteiger partial charge is 0.309 e. The number of aliphatic hydroxyl groups is 2. The van der Waals surface area contributed by atoms with Gasteiger partial charge in [-0.15, -0.1) is 0 Å². The Morgan fingerprint density at radius 3 is 2.39 bits per heavy atom. The van der Waals surface area contributed by atoms with Crippen LogP contribution in [0.3, 0.4) is 0 Å². The molecule has 2 aliphatic carbocycles. The summed E-state index contributed by atoms with van der Waals surface area (Å²) in [6, 6.07) is 0. The Hall–Kier alpha value is -2.49. The summed E-state index contributed by atoms with van der Waals surface area (Å²) in [4.78, 5) is 37.0. The third-order valence-electron chi connectivity index (χ3n) is 9.00. The summed E-state index contributed by atoms with van der Waals surface area (Å²) in [5, 5.41) is 22.8. The van der Waals surface area contributed by atoms with E-state index in [1.54, 1.807) is 13.0 Å². The Morgan fingerprint density at radius 1 is 1.21 bits per heavy atom. The second-order valence-electron chi connectivity index (χ2n) is 11.3. The van der Waals surface area contributed by atoms with Crippen LogP contribution in [0, 0.1) is 28.6 Å². The van der Waals surface area contributed by atoms with Crippen LogP contribution in [0.1, 0.15) is 67.2 Å². The predicted octanol–water partition coefficient (Wildman–Crippen LogP) is 3.59. The average molecular weight is 535 g/mol. The zero-order chi connectivity index (χ0) is 28.6. The van der Waals surface area contributed by atoms with Crippen LogP contribution < -0.4 is 0 Å². The molecule has 0 amide bonds. The van der Waals surface area contributed by atoms with E-state index in [0.29, 0.717) is 24.0 Å². The van der Waals surface area contributed by atoms with Crippen LogP contribution in [0.4, 0.5) is 0 Å². The Labute approximate surface area is 224 Å². The minimum absolute atomic E-state index is 0.101. The molecule has 212 valence electrons. The molecule has 1 spiro atoms. The van der Waals surface area contributed by atoms with Gasteiger partial charge in [0.2, 0.25) is 12.6 Å². The van der Waals surface area contributed by atoms with Crippen LogP contribution in [0.15, 0.2) is 36.5 Å². The highest BCUT2D eigenvalue weighted by atomic mass is 16.8. The van der Waals surface area contributed by atoms with Crippen molar-refractivity contribution in [3.63, 3.8) is 0 Å². The molecule has 9 nitrogen and oxygen atoms in total. The van der Waals surface area contributed by atoms with Crippen LogP contribution in [0.2, 0.25) is 0 Å². The summed E-state index contributed by atoms with van der Waals surface area (Å²) in [6.07, 6.45) is -0.516. The summed E-state index contributed by atoms with van der Waals surface area (Å²) in [5.41, 5.74) is -1.10. The van der Waals surface area contributed by atoms with Gasteiger partial charge in [0.15, 0.2) is 0 Å². The monoisotopic (exact) mass is 534 g/mol. The SMILES string of the molecule is C=CC(=C)[C@@H](O)C[C@]1(C)[C@H](C)C[C@H](O)[C@@]23C(=C[C@@H](OC(=O)[C@H](C)CC)C[C@@H]12)[C@@H](OC(C)=O)O[C@H]3OC(C)=O. The molecule has 0 aromatic heterocycles. The van der Waals surface area contributed by atoms with Crippen molar-refractivity contribution in [2.45, 2.75) is 98.1 Å². The molecule has 0 aromatic rings. The number of carbonyl (C=O) groups is 3. The van der Waals surface area contributed by atoms with Gasteiger partial charge in [-0.05, 0) is 54.6 Å². The lowest BCUT2D eigenvalue weighted by molar-refractivity contribution is -0.256. The van der Waals surface area contributed by atoms with Crippen LogP contribution in [0.25, 0.3) is 0 Å². The van der Waals surface area contributed by atoms with Crippen molar-refractivity contribution in [1.29, 1.82) is 0 Å². The molecule has 3 rings (SSSR count). The van der Waals surface area contributed by atoms with Gasteiger partial charge in [0.25, 0.3) is 0 Å². The first-order valence-corrected chi connectivity index (χ1v) is 13.3. The molecule has 0 radical (unpaired) electrons. The molecule has 2 fully saturated rings. The lowest BCUT2D eigenvalue weighted by Crippen LogP contribution is -2.63. The molecule has 1 heterocycles. The highest BCUT2D eigenvalue weighted by molar-refractivity contribution is 5.72. The van der Waals surface area contributed by atoms with Crippen LogP contribution >= 0.6 is 0 Å². The zero-order valence-corrected chi connectivity index (χ0v) is 23.3. The van der Waals surface area contributed by atoms with Crippen molar-refractivity contribution >= 4 is 17.9 Å². The molecule has 1 saturated heterocycles. The number of aliphatic hydroxyl groups excluding tert-OH is 2. The van der Waals surface area contributed by atoms with Gasteiger partial charge in [0.05, 0.1) is 23.5 Å². The summed E-state index contributed by atoms with van der Waals surface area (Å²) >= 11 is 0. The topological polar surface area (TPSA) is 129 Å². The number of rotatable bonds is 9. The molecule has 2 N–H and O–H groups in total. The van der Waals surface area contributed by atoms with E-state index >= 15 is 0 Å². The Balaban J connectivity index is 2.22. The Bertz CT molecular complexity index is 1000. The molecule has 9 heteroatoms. The molecule has 1 aliphatic heterocycles. The number of ether oxygens (including phenoxy) is 4. The summed E-state index contributed by atoms with van der Waals surface area (Å²) in [5.74, 6) is -2.53. The van der Waals surface area contributed by atoms with E-state index in [0.717, 1.165) is 0 Å². The second kappa shape index (κ2) is 11.3. The second-order valence-corrected chi connectivity index (χ2v) is 11.3. The van der Waals surface area contributed by atoms with Crippen molar-refractivity contribution in [3.8, 4) is 0 Å². The van der Waals surface area contributed by atoms with E-state index in [4.69, 9.17) is 18.9 Å². The van der Waals surface area contributed by atoms with Crippen molar-refractivity contribution < 1.29 is 43.5 Å². The lowest BCUT2D eigenvalue weighted by Gasteiger charge is -2.60. The van der Waals surface area contributed by atoms with Gasteiger partial charge in [-0.2, -0.15) is 0 Å². The van der Waals surface area contributed by atoms with E-state index in [-0.39, 0.29) is 30.6 Å². The first-order chi connectivity index (χ1) is 17.7. The first kappa shape index (κ1) is 30.1. The normalized spacial score (nSPS) is 37.5.